The Morgan fingerprint density at radius 3 is 2.59 bits per heavy atom. The lowest BCUT2D eigenvalue weighted by atomic mass is 10.2. The Labute approximate surface area is 159 Å². The van der Waals surface area contributed by atoms with E-state index in [2.05, 4.69) is 20.3 Å². The number of sulfone groups is 1. The number of anilines is 1. The summed E-state index contributed by atoms with van der Waals surface area (Å²) in [6.45, 7) is 0. The first-order chi connectivity index (χ1) is 12.9. The second-order valence-corrected chi connectivity index (χ2v) is 8.79. The fraction of sp³-hybridized carbons (Fsp3) is 0.0556. The number of aromatic nitrogens is 3. The van der Waals surface area contributed by atoms with Gasteiger partial charge in [0.15, 0.2) is 15.0 Å². The Morgan fingerprint density at radius 1 is 1.15 bits per heavy atom. The van der Waals surface area contributed by atoms with E-state index in [1.165, 1.54) is 23.5 Å². The molecule has 9 heteroatoms. The highest BCUT2D eigenvalue weighted by Gasteiger charge is 2.16. The SMILES string of the molecule is CS(=O)(=O)c1ccc(-c2nc3c(C(=O)Nc4nccs4)cccc3[nH]2)cc1. The van der Waals surface area contributed by atoms with Crippen LogP contribution in [0.25, 0.3) is 22.4 Å². The highest BCUT2D eigenvalue weighted by Crippen LogP contribution is 2.25. The van der Waals surface area contributed by atoms with Gasteiger partial charge in [-0.05, 0) is 36.4 Å². The van der Waals surface area contributed by atoms with Crippen LogP contribution in [-0.4, -0.2) is 35.5 Å². The predicted octanol–water partition coefficient (Wildman–Crippen LogP) is 3.34. The van der Waals surface area contributed by atoms with Crippen LogP contribution >= 0.6 is 11.3 Å². The van der Waals surface area contributed by atoms with Crippen molar-refractivity contribution in [2.45, 2.75) is 4.90 Å². The summed E-state index contributed by atoms with van der Waals surface area (Å²) in [6, 6.07) is 11.7. The first-order valence-electron chi connectivity index (χ1n) is 7.92. The van der Waals surface area contributed by atoms with Crippen molar-refractivity contribution in [3.63, 3.8) is 0 Å². The molecule has 7 nitrogen and oxygen atoms in total. The fourth-order valence-corrected chi connectivity index (χ4v) is 3.82. The minimum absolute atomic E-state index is 0.242. The van der Waals surface area contributed by atoms with Gasteiger partial charge in [-0.2, -0.15) is 0 Å². The number of nitrogens with one attached hydrogen (secondary N) is 2. The Hall–Kier alpha value is -3.04. The molecule has 0 saturated heterocycles. The maximum Gasteiger partial charge on any atom is 0.259 e. The molecule has 0 aliphatic carbocycles. The van der Waals surface area contributed by atoms with Gasteiger partial charge in [-0.15, -0.1) is 11.3 Å². The Kier molecular flexibility index (Phi) is 4.25. The van der Waals surface area contributed by atoms with Crippen LogP contribution in [0.1, 0.15) is 10.4 Å². The zero-order valence-electron chi connectivity index (χ0n) is 14.1. The minimum atomic E-state index is -3.26. The molecule has 2 aromatic carbocycles. The topological polar surface area (TPSA) is 105 Å². The smallest absolute Gasteiger partial charge is 0.259 e. The first kappa shape index (κ1) is 17.4. The lowest BCUT2D eigenvalue weighted by Gasteiger charge is -2.02. The largest absolute Gasteiger partial charge is 0.338 e. The van der Waals surface area contributed by atoms with Crippen molar-refractivity contribution in [2.75, 3.05) is 11.6 Å². The van der Waals surface area contributed by atoms with Crippen molar-refractivity contribution < 1.29 is 13.2 Å². The number of H-pyrrole nitrogens is 1. The van der Waals surface area contributed by atoms with E-state index in [1.54, 1.807) is 35.8 Å². The molecule has 2 N–H and O–H groups in total. The summed E-state index contributed by atoms with van der Waals surface area (Å²) in [5, 5.41) is 5.05. The number of para-hydroxylation sites is 1. The molecule has 0 radical (unpaired) electrons. The van der Waals surface area contributed by atoms with Crippen molar-refractivity contribution in [3.8, 4) is 11.4 Å². The van der Waals surface area contributed by atoms with Crippen LogP contribution in [0.3, 0.4) is 0 Å². The van der Waals surface area contributed by atoms with Gasteiger partial charge in [-0.25, -0.2) is 18.4 Å². The summed E-state index contributed by atoms with van der Waals surface area (Å²) in [5.41, 5.74) is 2.40. The predicted molar refractivity (Wildman–Crippen MR) is 105 cm³/mol. The number of carbonyl (C=O) groups excluding carboxylic acids is 1. The molecule has 4 aromatic rings. The molecule has 0 spiro atoms. The number of amides is 1. The fourth-order valence-electron chi connectivity index (χ4n) is 2.66. The van der Waals surface area contributed by atoms with Crippen LogP contribution in [0.5, 0.6) is 0 Å². The number of benzene rings is 2. The van der Waals surface area contributed by atoms with Crippen LogP contribution in [0.15, 0.2) is 58.9 Å². The Balaban J connectivity index is 1.71. The number of aromatic amines is 1. The van der Waals surface area contributed by atoms with Gasteiger partial charge in [0.1, 0.15) is 11.3 Å². The van der Waals surface area contributed by atoms with E-state index in [4.69, 9.17) is 0 Å². The molecule has 27 heavy (non-hydrogen) atoms. The Morgan fingerprint density at radius 2 is 1.93 bits per heavy atom. The quantitative estimate of drug-likeness (QED) is 0.548. The van der Waals surface area contributed by atoms with E-state index in [0.717, 1.165) is 11.8 Å². The van der Waals surface area contributed by atoms with Crippen molar-refractivity contribution in [1.82, 2.24) is 15.0 Å². The van der Waals surface area contributed by atoms with E-state index in [9.17, 15) is 13.2 Å². The summed E-state index contributed by atoms with van der Waals surface area (Å²) in [5.74, 6) is 0.264. The first-order valence-corrected chi connectivity index (χ1v) is 10.7. The van der Waals surface area contributed by atoms with Gasteiger partial charge in [0.25, 0.3) is 5.91 Å². The molecule has 4 rings (SSSR count). The van der Waals surface area contributed by atoms with Crippen molar-refractivity contribution in [2.24, 2.45) is 0 Å². The third-order valence-electron chi connectivity index (χ3n) is 3.97. The lowest BCUT2D eigenvalue weighted by molar-refractivity contribution is 0.102. The van der Waals surface area contributed by atoms with Gasteiger partial charge in [-0.3, -0.25) is 10.1 Å². The molecule has 1 amide bonds. The average Bonchev–Trinajstić information content (AvgIpc) is 3.30. The lowest BCUT2D eigenvalue weighted by Crippen LogP contribution is -2.12. The zero-order chi connectivity index (χ0) is 19.0. The molecule has 2 heterocycles. The number of nitrogens with zero attached hydrogens (tertiary/aromatic N) is 2. The molecule has 0 saturated carbocycles. The third-order valence-corrected chi connectivity index (χ3v) is 5.78. The van der Waals surface area contributed by atoms with Crippen molar-refractivity contribution >= 4 is 43.2 Å². The van der Waals surface area contributed by atoms with Gasteiger partial charge in [0.05, 0.1) is 16.0 Å². The number of carbonyl (C=O) groups is 1. The van der Waals surface area contributed by atoms with Gasteiger partial charge >= 0.3 is 0 Å². The average molecular weight is 398 g/mol. The highest BCUT2D eigenvalue weighted by atomic mass is 32.2. The van der Waals surface area contributed by atoms with E-state index in [-0.39, 0.29) is 10.8 Å². The van der Waals surface area contributed by atoms with Crippen LogP contribution < -0.4 is 5.32 Å². The summed E-state index contributed by atoms with van der Waals surface area (Å²) in [7, 11) is -3.26. The minimum Gasteiger partial charge on any atom is -0.338 e. The van der Waals surface area contributed by atoms with E-state index >= 15 is 0 Å². The van der Waals surface area contributed by atoms with Gasteiger partial charge < -0.3 is 4.98 Å². The van der Waals surface area contributed by atoms with Crippen molar-refractivity contribution in [1.29, 1.82) is 0 Å². The van der Waals surface area contributed by atoms with Gasteiger partial charge in [0, 0.05) is 23.4 Å². The maximum atomic E-state index is 12.6. The summed E-state index contributed by atoms with van der Waals surface area (Å²) in [6.07, 6.45) is 2.78. The molecule has 0 unspecified atom stereocenters. The second-order valence-electron chi connectivity index (χ2n) is 5.88. The summed E-state index contributed by atoms with van der Waals surface area (Å²) >= 11 is 1.34. The summed E-state index contributed by atoms with van der Waals surface area (Å²) in [4.78, 5) is 24.6. The normalized spacial score (nSPS) is 11.6. The molecule has 0 aliphatic heterocycles. The van der Waals surface area contributed by atoms with Crippen LogP contribution in [0.2, 0.25) is 0 Å². The monoisotopic (exact) mass is 398 g/mol. The van der Waals surface area contributed by atoms with E-state index < -0.39 is 9.84 Å². The van der Waals surface area contributed by atoms with Gasteiger partial charge in [0.2, 0.25) is 0 Å². The Bertz CT molecular complexity index is 1230. The number of fused-ring (bicyclic) bond motifs is 1. The number of rotatable bonds is 4. The van der Waals surface area contributed by atoms with Gasteiger partial charge in [-0.1, -0.05) is 6.07 Å². The molecule has 2 aromatic heterocycles. The van der Waals surface area contributed by atoms with Crippen LogP contribution in [-0.2, 0) is 9.84 Å². The molecule has 0 aliphatic rings. The molecular formula is C18H14N4O3S2. The summed E-state index contributed by atoms with van der Waals surface area (Å²) < 4.78 is 23.2. The molecule has 0 atom stereocenters. The maximum absolute atomic E-state index is 12.6. The molecule has 0 fully saturated rings. The highest BCUT2D eigenvalue weighted by molar-refractivity contribution is 7.90. The zero-order valence-corrected chi connectivity index (χ0v) is 15.8. The second kappa shape index (κ2) is 6.60. The van der Waals surface area contributed by atoms with Crippen LogP contribution in [0, 0.1) is 0 Å². The van der Waals surface area contributed by atoms with E-state index in [0.29, 0.717) is 27.6 Å². The molecule has 0 bridgehead atoms. The molecule has 136 valence electrons. The standard InChI is InChI=1S/C18H14N4O3S2/c1-27(24,25)12-7-5-11(6-8-12)16-20-14-4-2-3-13(15(14)21-16)17(23)22-18-19-9-10-26-18/h2-10H,1H3,(H,20,21)(H,19,22,23). The van der Waals surface area contributed by atoms with Crippen molar-refractivity contribution in [3.05, 3.63) is 59.6 Å². The third kappa shape index (κ3) is 3.46. The van der Waals surface area contributed by atoms with E-state index in [1.807, 2.05) is 6.07 Å². The number of imidazole rings is 1. The number of thiazole rings is 1. The molecular weight excluding hydrogens is 384 g/mol. The number of hydrogen-bond donors (Lipinski definition) is 2. The van der Waals surface area contributed by atoms with Crippen LogP contribution in [0.4, 0.5) is 5.13 Å². The number of hydrogen-bond acceptors (Lipinski definition) is 6.